The number of carbonyl (C=O) groups is 2. The van der Waals surface area contributed by atoms with Crippen molar-refractivity contribution in [3.05, 3.63) is 39.4 Å². The van der Waals surface area contributed by atoms with E-state index in [9.17, 15) is 29.9 Å². The molecule has 0 heterocycles. The zero-order chi connectivity index (χ0) is 16.2. The Labute approximate surface area is 118 Å². The van der Waals surface area contributed by atoms with Gasteiger partial charge in [-0.05, 0) is 17.7 Å². The molecule has 9 nitrogen and oxygen atoms in total. The summed E-state index contributed by atoms with van der Waals surface area (Å²) < 4.78 is 4.33. The fourth-order valence-corrected chi connectivity index (χ4v) is 1.66. The molecule has 0 aliphatic carbocycles. The van der Waals surface area contributed by atoms with Crippen LogP contribution >= 0.6 is 0 Å². The topological polar surface area (TPSA) is 147 Å². The number of methoxy groups -OCH3 is 1. The molecule has 0 aliphatic rings. The second-order valence-corrected chi connectivity index (χ2v) is 4.13. The van der Waals surface area contributed by atoms with E-state index in [-0.39, 0.29) is 5.56 Å². The van der Waals surface area contributed by atoms with E-state index in [2.05, 4.69) is 4.74 Å². The molecule has 0 radical (unpaired) electrons. The number of aromatic carboxylic acids is 1. The first-order valence-electron chi connectivity index (χ1n) is 5.72. The summed E-state index contributed by atoms with van der Waals surface area (Å²) in [6, 6.07) is 2.90. The molecule has 1 aromatic rings. The van der Waals surface area contributed by atoms with Gasteiger partial charge in [-0.25, -0.2) is 4.79 Å². The lowest BCUT2D eigenvalue weighted by molar-refractivity contribution is -0.385. The molecule has 3 N–H and O–H groups in total. The largest absolute Gasteiger partial charge is 0.477 e. The van der Waals surface area contributed by atoms with Gasteiger partial charge in [0, 0.05) is 6.07 Å². The Kier molecular flexibility index (Phi) is 5.33. The molecule has 114 valence electrons. The molecule has 1 rings (SSSR count). The summed E-state index contributed by atoms with van der Waals surface area (Å²) in [5.74, 6) is -2.31. The summed E-state index contributed by atoms with van der Waals surface area (Å²) in [5.41, 5.74) is -1.32. The standard InChI is InChI=1S/C12H13NO8/c1-21-10(15)5-9(14)11(16)6-2-3-8(13(19)20)7(4-6)12(17)18/h2-4,9,11,14,16H,5H2,1H3,(H,17,18). The number of aliphatic hydroxyl groups is 2. The fourth-order valence-electron chi connectivity index (χ4n) is 1.66. The van der Waals surface area contributed by atoms with Crippen LogP contribution < -0.4 is 0 Å². The van der Waals surface area contributed by atoms with Gasteiger partial charge < -0.3 is 20.1 Å². The van der Waals surface area contributed by atoms with E-state index in [0.29, 0.717) is 0 Å². The highest BCUT2D eigenvalue weighted by Crippen LogP contribution is 2.26. The first-order chi connectivity index (χ1) is 9.77. The maximum absolute atomic E-state index is 11.0. The van der Waals surface area contributed by atoms with Gasteiger partial charge in [-0.15, -0.1) is 0 Å². The lowest BCUT2D eigenvalue weighted by atomic mass is 9.99. The molecule has 21 heavy (non-hydrogen) atoms. The first kappa shape index (κ1) is 16.5. The van der Waals surface area contributed by atoms with Gasteiger partial charge in [0.25, 0.3) is 5.69 Å². The van der Waals surface area contributed by atoms with E-state index < -0.39 is 46.7 Å². The van der Waals surface area contributed by atoms with Crippen LogP contribution in [0.1, 0.15) is 28.4 Å². The molecule has 0 fully saturated rings. The second kappa shape index (κ2) is 6.77. The van der Waals surface area contributed by atoms with Crippen molar-refractivity contribution in [3.8, 4) is 0 Å². The monoisotopic (exact) mass is 299 g/mol. The minimum absolute atomic E-state index is 0.0607. The Morgan fingerprint density at radius 3 is 2.48 bits per heavy atom. The van der Waals surface area contributed by atoms with Crippen LogP contribution in [0.15, 0.2) is 18.2 Å². The minimum Gasteiger partial charge on any atom is -0.477 e. The summed E-state index contributed by atoms with van der Waals surface area (Å²) in [7, 11) is 1.11. The molecule has 0 saturated carbocycles. The number of aliphatic hydroxyl groups excluding tert-OH is 2. The maximum atomic E-state index is 11.0. The van der Waals surface area contributed by atoms with Crippen LogP contribution in [0.25, 0.3) is 0 Å². The number of hydrogen-bond donors (Lipinski definition) is 3. The second-order valence-electron chi connectivity index (χ2n) is 4.13. The smallest absolute Gasteiger partial charge is 0.342 e. The highest BCUT2D eigenvalue weighted by atomic mass is 16.6. The Morgan fingerprint density at radius 1 is 1.38 bits per heavy atom. The third-order valence-electron chi connectivity index (χ3n) is 2.76. The van der Waals surface area contributed by atoms with E-state index in [1.54, 1.807) is 0 Å². The molecule has 0 spiro atoms. The number of nitro benzene ring substituents is 1. The van der Waals surface area contributed by atoms with Crippen LogP contribution in [-0.2, 0) is 9.53 Å². The van der Waals surface area contributed by atoms with E-state index in [1.807, 2.05) is 0 Å². The molecule has 9 heteroatoms. The van der Waals surface area contributed by atoms with E-state index in [1.165, 1.54) is 0 Å². The van der Waals surface area contributed by atoms with E-state index in [4.69, 9.17) is 5.11 Å². The molecule has 0 saturated heterocycles. The van der Waals surface area contributed by atoms with Crippen LogP contribution in [0.2, 0.25) is 0 Å². The molecule has 0 aliphatic heterocycles. The predicted molar refractivity (Wildman–Crippen MR) is 67.7 cm³/mol. The number of rotatable bonds is 6. The number of carbonyl (C=O) groups excluding carboxylic acids is 1. The highest BCUT2D eigenvalue weighted by molar-refractivity contribution is 5.92. The Balaban J connectivity index is 3.08. The molecule has 0 amide bonds. The van der Waals surface area contributed by atoms with Crippen molar-refractivity contribution >= 4 is 17.6 Å². The Hall–Kier alpha value is -2.52. The van der Waals surface area contributed by atoms with Gasteiger partial charge >= 0.3 is 11.9 Å². The SMILES string of the molecule is COC(=O)CC(O)C(O)c1ccc([N+](=O)[O-])c(C(=O)O)c1. The number of carboxylic acids is 1. The Morgan fingerprint density at radius 2 is 2.00 bits per heavy atom. The van der Waals surface area contributed by atoms with Gasteiger partial charge in [-0.3, -0.25) is 14.9 Å². The van der Waals surface area contributed by atoms with Gasteiger partial charge in [0.1, 0.15) is 11.7 Å². The normalized spacial score (nSPS) is 13.3. The highest BCUT2D eigenvalue weighted by Gasteiger charge is 2.26. The summed E-state index contributed by atoms with van der Waals surface area (Å²) >= 11 is 0. The van der Waals surface area contributed by atoms with Crippen LogP contribution in [0.4, 0.5) is 5.69 Å². The third-order valence-corrected chi connectivity index (χ3v) is 2.76. The molecular formula is C12H13NO8. The fraction of sp³-hybridized carbons (Fsp3) is 0.333. The maximum Gasteiger partial charge on any atom is 0.342 e. The average Bonchev–Trinajstić information content (AvgIpc) is 2.45. The number of esters is 1. The average molecular weight is 299 g/mol. The lowest BCUT2D eigenvalue weighted by Gasteiger charge is -2.17. The van der Waals surface area contributed by atoms with Gasteiger partial charge in [-0.1, -0.05) is 0 Å². The first-order valence-corrected chi connectivity index (χ1v) is 5.72. The number of ether oxygens (including phenoxy) is 1. The summed E-state index contributed by atoms with van der Waals surface area (Å²) in [5, 5.41) is 39.1. The Bertz CT molecular complexity index is 570. The van der Waals surface area contributed by atoms with Gasteiger partial charge in [0.15, 0.2) is 0 Å². The van der Waals surface area contributed by atoms with Crippen LogP contribution in [0.5, 0.6) is 0 Å². The van der Waals surface area contributed by atoms with Crippen molar-refractivity contribution in [1.29, 1.82) is 0 Å². The lowest BCUT2D eigenvalue weighted by Crippen LogP contribution is -2.23. The van der Waals surface area contributed by atoms with Crippen LogP contribution in [0, 0.1) is 10.1 Å². The number of benzene rings is 1. The number of nitrogens with zero attached hydrogens (tertiary/aromatic N) is 1. The zero-order valence-corrected chi connectivity index (χ0v) is 10.9. The van der Waals surface area contributed by atoms with Crippen molar-refractivity contribution in [2.45, 2.75) is 18.6 Å². The zero-order valence-electron chi connectivity index (χ0n) is 10.9. The molecule has 2 unspecified atom stereocenters. The summed E-state index contributed by atoms with van der Waals surface area (Å²) in [6.45, 7) is 0. The molecule has 2 atom stereocenters. The molecule has 0 bridgehead atoms. The van der Waals surface area contributed by atoms with Crippen molar-refractivity contribution in [2.24, 2.45) is 0 Å². The third kappa shape index (κ3) is 3.97. The van der Waals surface area contributed by atoms with Crippen molar-refractivity contribution in [3.63, 3.8) is 0 Å². The van der Waals surface area contributed by atoms with Crippen molar-refractivity contribution in [2.75, 3.05) is 7.11 Å². The van der Waals surface area contributed by atoms with Gasteiger partial charge in [0.05, 0.1) is 24.6 Å². The predicted octanol–water partition coefficient (Wildman–Crippen LogP) is 0.250. The summed E-state index contributed by atoms with van der Waals surface area (Å²) in [4.78, 5) is 31.8. The minimum atomic E-state index is -1.58. The van der Waals surface area contributed by atoms with Crippen LogP contribution in [0.3, 0.4) is 0 Å². The van der Waals surface area contributed by atoms with Crippen molar-refractivity contribution < 1.29 is 34.6 Å². The molecular weight excluding hydrogens is 286 g/mol. The summed E-state index contributed by atoms with van der Waals surface area (Å²) in [6.07, 6.45) is -3.61. The van der Waals surface area contributed by atoms with Gasteiger partial charge in [0.2, 0.25) is 0 Å². The number of nitro groups is 1. The molecule has 1 aromatic carbocycles. The number of hydrogen-bond acceptors (Lipinski definition) is 7. The van der Waals surface area contributed by atoms with Crippen molar-refractivity contribution in [1.82, 2.24) is 0 Å². The quantitative estimate of drug-likeness (QED) is 0.384. The van der Waals surface area contributed by atoms with E-state index in [0.717, 1.165) is 25.3 Å². The van der Waals surface area contributed by atoms with Crippen LogP contribution in [-0.4, -0.2) is 45.4 Å². The van der Waals surface area contributed by atoms with E-state index >= 15 is 0 Å². The van der Waals surface area contributed by atoms with Gasteiger partial charge in [-0.2, -0.15) is 0 Å². The number of carboxylic acid groups (broad SMARTS) is 1. The molecule has 0 aromatic heterocycles.